The van der Waals surface area contributed by atoms with Gasteiger partial charge in [0.15, 0.2) is 5.69 Å². The molecule has 0 unspecified atom stereocenters. The molecule has 0 saturated carbocycles. The fourth-order valence-corrected chi connectivity index (χ4v) is 1.04. The van der Waals surface area contributed by atoms with Crippen molar-refractivity contribution in [1.29, 1.82) is 0 Å². The van der Waals surface area contributed by atoms with Gasteiger partial charge in [0.1, 0.15) is 0 Å². The summed E-state index contributed by atoms with van der Waals surface area (Å²) in [4.78, 5) is 17.1. The number of hydrogen-bond acceptors (Lipinski definition) is 7. The van der Waals surface area contributed by atoms with Crippen LogP contribution in [0, 0.1) is 0 Å². The molecule has 0 bridgehead atoms. The Labute approximate surface area is 116 Å². The Morgan fingerprint density at radius 2 is 2.11 bits per heavy atom. The van der Waals surface area contributed by atoms with Gasteiger partial charge in [-0.25, -0.2) is 4.98 Å². The zero-order chi connectivity index (χ0) is 14.0. The first kappa shape index (κ1) is 16.8. The summed E-state index contributed by atoms with van der Waals surface area (Å²) in [5.74, 6) is -0.411. The molecule has 0 atom stereocenters. The molecule has 0 fully saturated rings. The molecule has 0 aliphatic rings. The van der Waals surface area contributed by atoms with E-state index in [2.05, 4.69) is 23.0 Å². The molecule has 1 rings (SSSR count). The van der Waals surface area contributed by atoms with E-state index in [1.807, 2.05) is 0 Å². The number of amides is 1. The van der Waals surface area contributed by atoms with Crippen molar-refractivity contribution in [2.24, 2.45) is 16.1 Å². The van der Waals surface area contributed by atoms with Gasteiger partial charge in [0.05, 0.1) is 6.33 Å². The van der Waals surface area contributed by atoms with Crippen molar-refractivity contribution in [3.8, 4) is 0 Å². The molecule has 0 radical (unpaired) electrons. The van der Waals surface area contributed by atoms with Gasteiger partial charge in [-0.3, -0.25) is 9.80 Å². The van der Waals surface area contributed by atoms with Crippen LogP contribution in [-0.2, 0) is 10.2 Å². The number of aromatic nitrogens is 2. The average Bonchev–Trinajstić information content (AvgIpc) is 2.76. The fourth-order valence-electron chi connectivity index (χ4n) is 0.690. The van der Waals surface area contributed by atoms with Crippen LogP contribution in [0.4, 0.5) is 5.82 Å². The van der Waals surface area contributed by atoms with E-state index in [0.29, 0.717) is 0 Å². The zero-order valence-electron chi connectivity index (χ0n) is 9.47. The second kappa shape index (κ2) is 9.75. The molecule has 1 aromatic rings. The second-order valence-corrected chi connectivity index (χ2v) is 5.48. The van der Waals surface area contributed by atoms with Gasteiger partial charge in [-0.15, -0.1) is 5.11 Å². The van der Waals surface area contributed by atoms with Gasteiger partial charge in [0, 0.05) is 14.1 Å². The number of nitrogens with zero attached hydrogens (tertiary/aromatic N) is 4. The van der Waals surface area contributed by atoms with Gasteiger partial charge in [0.25, 0.3) is 5.91 Å². The molecule has 0 spiro atoms. The van der Waals surface area contributed by atoms with Crippen LogP contribution in [0.15, 0.2) is 16.7 Å². The summed E-state index contributed by atoms with van der Waals surface area (Å²) < 4.78 is 22.4. The third-order valence-corrected chi connectivity index (χ3v) is 2.98. The molecule has 0 saturated heterocycles. The summed E-state index contributed by atoms with van der Waals surface area (Å²) in [6, 6.07) is 0. The number of carbonyl (C=O) groups is 1. The molecule has 0 aliphatic carbocycles. The molecule has 18 heavy (non-hydrogen) atoms. The second-order valence-electron chi connectivity index (χ2n) is 2.73. The SMILES string of the molecule is CN(C)N=Nc1nc[nH]c1C(N)=O.O=[As]O[As]=O. The first-order chi connectivity index (χ1) is 8.52. The Balaban J connectivity index is 0.000000494. The summed E-state index contributed by atoms with van der Waals surface area (Å²) in [6.07, 6.45) is 1.34. The topological polar surface area (TPSA) is 143 Å². The van der Waals surface area contributed by atoms with Crippen LogP contribution < -0.4 is 5.73 Å². The third kappa shape index (κ3) is 7.15. The van der Waals surface area contributed by atoms with Crippen LogP contribution in [0.5, 0.6) is 0 Å². The number of carbonyl (C=O) groups excluding carboxylic acids is 1. The summed E-state index contributed by atoms with van der Waals surface area (Å²) >= 11 is -2.61. The van der Waals surface area contributed by atoms with Crippen LogP contribution in [0.25, 0.3) is 0 Å². The normalized spacial score (nSPS) is 10.3. The van der Waals surface area contributed by atoms with Crippen LogP contribution in [0.2, 0.25) is 0 Å². The molecule has 0 aliphatic heterocycles. The first-order valence-electron chi connectivity index (χ1n) is 4.26. The molecule has 3 N–H and O–H groups in total. The Hall–Kier alpha value is -1.24. The fraction of sp³-hybridized carbons (Fsp3) is 0.333. The van der Waals surface area contributed by atoms with E-state index in [1.54, 1.807) is 14.1 Å². The molecule has 98 valence electrons. The van der Waals surface area contributed by atoms with E-state index in [4.69, 9.17) is 5.73 Å². The minimum absolute atomic E-state index is 0.158. The van der Waals surface area contributed by atoms with E-state index in [-0.39, 0.29) is 11.5 Å². The number of aromatic amines is 1. The number of H-pyrrole nitrogens is 1. The molecular weight excluding hydrogens is 370 g/mol. The van der Waals surface area contributed by atoms with E-state index < -0.39 is 38.0 Å². The Morgan fingerprint density at radius 3 is 2.50 bits per heavy atom. The van der Waals surface area contributed by atoms with Crippen molar-refractivity contribution in [2.75, 3.05) is 14.1 Å². The molecule has 1 heterocycles. The number of nitrogens with one attached hydrogen (secondary N) is 1. The number of primary amides is 1. The third-order valence-electron chi connectivity index (χ3n) is 1.25. The van der Waals surface area contributed by atoms with Crippen molar-refractivity contribution < 1.29 is 15.0 Å². The maximum atomic E-state index is 10.8. The van der Waals surface area contributed by atoms with Gasteiger partial charge in [-0.05, 0) is 0 Å². The van der Waals surface area contributed by atoms with Crippen LogP contribution in [-0.4, -0.2) is 67.0 Å². The number of nitrogens with two attached hydrogens (primary N) is 1. The van der Waals surface area contributed by atoms with Gasteiger partial charge in [0.2, 0.25) is 5.82 Å². The van der Waals surface area contributed by atoms with Crippen molar-refractivity contribution in [1.82, 2.24) is 15.0 Å². The Kier molecular flexibility index (Phi) is 9.08. The summed E-state index contributed by atoms with van der Waals surface area (Å²) in [5, 5.41) is 8.86. The van der Waals surface area contributed by atoms with Gasteiger partial charge < -0.3 is 10.7 Å². The number of imidazole rings is 1. The van der Waals surface area contributed by atoms with Crippen molar-refractivity contribution in [3.63, 3.8) is 0 Å². The van der Waals surface area contributed by atoms with Crippen LogP contribution in [0.3, 0.4) is 0 Å². The summed E-state index contributed by atoms with van der Waals surface area (Å²) in [7, 11) is 3.42. The average molecular weight is 380 g/mol. The van der Waals surface area contributed by atoms with Crippen LogP contribution in [0.1, 0.15) is 10.5 Å². The molecule has 1 aromatic heterocycles. The number of hydrogen-bond donors (Lipinski definition) is 2. The standard InChI is InChI=1S/C6H10N6O.As2O3/c1-12(2)11-10-6-4(5(7)13)8-3-9-6;3-1-5-2-4/h3H,1-2H3,(H2,7,13)(H,8,9);. The molecule has 12 heteroatoms. The quantitative estimate of drug-likeness (QED) is 0.381. The zero-order valence-corrected chi connectivity index (χ0v) is 13.2. The monoisotopic (exact) mass is 380 g/mol. The predicted octanol–water partition coefficient (Wildman–Crippen LogP) is -0.999. The van der Waals surface area contributed by atoms with E-state index in [9.17, 15) is 12.3 Å². The first-order valence-corrected chi connectivity index (χ1v) is 7.33. The van der Waals surface area contributed by atoms with E-state index in [1.165, 1.54) is 11.3 Å². The predicted molar refractivity (Wildman–Crippen MR) is 59.3 cm³/mol. The number of rotatable bonds is 5. The van der Waals surface area contributed by atoms with E-state index in [0.717, 1.165) is 0 Å². The van der Waals surface area contributed by atoms with E-state index >= 15 is 0 Å². The maximum absolute atomic E-state index is 10.8. The van der Waals surface area contributed by atoms with Gasteiger partial charge >= 0.3 is 42.3 Å². The minimum atomic E-state index is -1.30. The van der Waals surface area contributed by atoms with Crippen molar-refractivity contribution >= 4 is 43.8 Å². The molecule has 10 nitrogen and oxygen atoms in total. The van der Waals surface area contributed by atoms with Crippen molar-refractivity contribution in [2.45, 2.75) is 0 Å². The summed E-state index contributed by atoms with van der Waals surface area (Å²) in [6.45, 7) is 0. The molecule has 1 amide bonds. The molecular formula is C6H10As2N6O4. The Morgan fingerprint density at radius 1 is 1.50 bits per heavy atom. The van der Waals surface area contributed by atoms with Gasteiger partial charge in [-0.2, -0.15) is 0 Å². The van der Waals surface area contributed by atoms with Crippen LogP contribution >= 0.6 is 0 Å². The van der Waals surface area contributed by atoms with Crippen molar-refractivity contribution in [3.05, 3.63) is 12.0 Å². The summed E-state index contributed by atoms with van der Waals surface area (Å²) in [5.41, 5.74) is 5.20. The Bertz CT molecular complexity index is 427. The van der Waals surface area contributed by atoms with Gasteiger partial charge in [-0.1, -0.05) is 5.22 Å². The molecule has 0 aromatic carbocycles.